The molecule has 5 nitrogen and oxygen atoms in total. The second-order valence-electron chi connectivity index (χ2n) is 7.06. The molecule has 2 aromatic heterocycles. The number of thiazole rings is 1. The quantitative estimate of drug-likeness (QED) is 0.412. The van der Waals surface area contributed by atoms with Crippen LogP contribution in [0.2, 0.25) is 0 Å². The lowest BCUT2D eigenvalue weighted by Gasteiger charge is -2.20. The van der Waals surface area contributed by atoms with Crippen LogP contribution in [0.5, 0.6) is 5.75 Å². The number of carbonyl (C=O) groups excluding carboxylic acids is 1. The van der Waals surface area contributed by atoms with E-state index in [-0.39, 0.29) is 5.91 Å². The molecule has 0 saturated heterocycles. The lowest BCUT2D eigenvalue weighted by atomic mass is 10.1. The van der Waals surface area contributed by atoms with Gasteiger partial charge in [0.25, 0.3) is 5.91 Å². The first kappa shape index (κ1) is 20.0. The molecule has 4 aromatic rings. The minimum absolute atomic E-state index is 0.102. The van der Waals surface area contributed by atoms with E-state index in [4.69, 9.17) is 9.72 Å². The zero-order valence-electron chi connectivity index (χ0n) is 17.3. The van der Waals surface area contributed by atoms with Crippen LogP contribution in [0, 0.1) is 13.8 Å². The average molecular weight is 418 g/mol. The first-order chi connectivity index (χ1) is 14.6. The van der Waals surface area contributed by atoms with Gasteiger partial charge in [0.1, 0.15) is 5.75 Å². The van der Waals surface area contributed by atoms with Crippen molar-refractivity contribution in [2.24, 2.45) is 0 Å². The molecular formula is C24H23N3O2S. The molecule has 0 unspecified atom stereocenters. The predicted molar refractivity (Wildman–Crippen MR) is 121 cm³/mol. The summed E-state index contributed by atoms with van der Waals surface area (Å²) in [5.41, 5.74) is 4.82. The molecule has 30 heavy (non-hydrogen) atoms. The maximum atomic E-state index is 13.5. The van der Waals surface area contributed by atoms with Gasteiger partial charge in [-0.3, -0.25) is 14.7 Å². The van der Waals surface area contributed by atoms with E-state index in [1.54, 1.807) is 29.4 Å². The normalized spacial score (nSPS) is 10.9. The van der Waals surface area contributed by atoms with Crippen LogP contribution in [0.4, 0.5) is 5.13 Å². The molecule has 0 atom stereocenters. The van der Waals surface area contributed by atoms with Crippen molar-refractivity contribution in [1.29, 1.82) is 0 Å². The Hall–Kier alpha value is -3.25. The number of anilines is 1. The summed E-state index contributed by atoms with van der Waals surface area (Å²) in [5, 5.41) is 0.682. The molecule has 2 heterocycles. The molecule has 2 aromatic carbocycles. The van der Waals surface area contributed by atoms with Gasteiger partial charge in [-0.25, -0.2) is 4.98 Å². The number of ether oxygens (including phenoxy) is 1. The minimum atomic E-state index is -0.102. The number of pyridine rings is 1. The van der Waals surface area contributed by atoms with Crippen LogP contribution in [0.1, 0.15) is 34.0 Å². The lowest BCUT2D eigenvalue weighted by Crippen LogP contribution is -2.30. The zero-order chi connectivity index (χ0) is 21.1. The minimum Gasteiger partial charge on any atom is -0.494 e. The summed E-state index contributed by atoms with van der Waals surface area (Å²) in [5.74, 6) is 0.647. The number of fused-ring (bicyclic) bond motifs is 1. The summed E-state index contributed by atoms with van der Waals surface area (Å²) >= 11 is 1.53. The molecule has 6 heteroatoms. The summed E-state index contributed by atoms with van der Waals surface area (Å²) in [6, 6.07) is 15.3. The monoisotopic (exact) mass is 417 g/mol. The van der Waals surface area contributed by atoms with Gasteiger partial charge in [-0.05, 0) is 73.9 Å². The standard InChI is InChI=1S/C24H23N3O2S/c1-4-29-20-10-8-19(9-11-20)23(28)27(15-18-6-5-13-25-14-18)24-26-22-17(3)16(2)7-12-21(22)30-24/h5-14H,4,15H2,1-3H3. The van der Waals surface area contributed by atoms with Crippen molar-refractivity contribution in [2.45, 2.75) is 27.3 Å². The second kappa shape index (κ2) is 8.63. The van der Waals surface area contributed by atoms with Gasteiger partial charge in [0, 0.05) is 18.0 Å². The van der Waals surface area contributed by atoms with E-state index in [1.165, 1.54) is 16.9 Å². The van der Waals surface area contributed by atoms with E-state index >= 15 is 0 Å². The highest BCUT2D eigenvalue weighted by atomic mass is 32.1. The Morgan fingerprint density at radius 1 is 1.10 bits per heavy atom. The zero-order valence-corrected chi connectivity index (χ0v) is 18.1. The van der Waals surface area contributed by atoms with Gasteiger partial charge in [-0.15, -0.1) is 0 Å². The smallest absolute Gasteiger partial charge is 0.260 e. The first-order valence-corrected chi connectivity index (χ1v) is 10.7. The molecule has 0 radical (unpaired) electrons. The molecule has 0 aliphatic rings. The fourth-order valence-corrected chi connectivity index (χ4v) is 4.27. The molecule has 0 aliphatic carbocycles. The molecule has 4 rings (SSSR count). The summed E-state index contributed by atoms with van der Waals surface area (Å²) in [6.45, 7) is 7.07. The molecule has 0 spiro atoms. The lowest BCUT2D eigenvalue weighted by molar-refractivity contribution is 0.0985. The van der Waals surface area contributed by atoms with Gasteiger partial charge in [0.2, 0.25) is 0 Å². The molecule has 152 valence electrons. The summed E-state index contributed by atoms with van der Waals surface area (Å²) in [7, 11) is 0. The number of rotatable bonds is 6. The van der Waals surface area contributed by atoms with Gasteiger partial charge >= 0.3 is 0 Å². The topological polar surface area (TPSA) is 55.3 Å². The molecule has 0 N–H and O–H groups in total. The SMILES string of the molecule is CCOc1ccc(C(=O)N(Cc2cccnc2)c2nc3c(C)c(C)ccc3s2)cc1. The number of hydrogen-bond donors (Lipinski definition) is 0. The Bertz CT molecular complexity index is 1170. The van der Waals surface area contributed by atoms with Crippen LogP contribution in [0.25, 0.3) is 10.2 Å². The number of aryl methyl sites for hydroxylation is 2. The van der Waals surface area contributed by atoms with Crippen LogP contribution in [0.15, 0.2) is 60.9 Å². The van der Waals surface area contributed by atoms with Gasteiger partial charge in [0.05, 0.1) is 23.4 Å². The van der Waals surface area contributed by atoms with Gasteiger partial charge in [0.15, 0.2) is 5.13 Å². The second-order valence-corrected chi connectivity index (χ2v) is 8.07. The molecule has 0 aliphatic heterocycles. The van der Waals surface area contributed by atoms with E-state index in [1.807, 2.05) is 31.2 Å². The van der Waals surface area contributed by atoms with Gasteiger partial charge in [-0.2, -0.15) is 0 Å². The number of carbonyl (C=O) groups is 1. The van der Waals surface area contributed by atoms with Crippen LogP contribution >= 0.6 is 11.3 Å². The molecule has 0 fully saturated rings. The Balaban J connectivity index is 1.74. The highest BCUT2D eigenvalue weighted by Crippen LogP contribution is 2.33. The molecular weight excluding hydrogens is 394 g/mol. The van der Waals surface area contributed by atoms with Crippen molar-refractivity contribution < 1.29 is 9.53 Å². The Labute approximate surface area is 180 Å². The van der Waals surface area contributed by atoms with Crippen molar-refractivity contribution in [3.05, 3.63) is 83.2 Å². The molecule has 1 amide bonds. The van der Waals surface area contributed by atoms with E-state index in [2.05, 4.69) is 31.0 Å². The van der Waals surface area contributed by atoms with Gasteiger partial charge in [-0.1, -0.05) is 23.5 Å². The van der Waals surface area contributed by atoms with Crippen LogP contribution in [-0.2, 0) is 6.54 Å². The van der Waals surface area contributed by atoms with Crippen molar-refractivity contribution in [1.82, 2.24) is 9.97 Å². The summed E-state index contributed by atoms with van der Waals surface area (Å²) in [4.78, 5) is 24.2. The highest BCUT2D eigenvalue weighted by Gasteiger charge is 2.22. The van der Waals surface area contributed by atoms with Crippen molar-refractivity contribution in [2.75, 3.05) is 11.5 Å². The number of amides is 1. The maximum Gasteiger partial charge on any atom is 0.260 e. The third-order valence-corrected chi connectivity index (χ3v) is 6.07. The predicted octanol–water partition coefficient (Wildman–Crippen LogP) is 5.55. The number of benzene rings is 2. The largest absolute Gasteiger partial charge is 0.494 e. The van der Waals surface area contributed by atoms with E-state index in [0.717, 1.165) is 27.1 Å². The Kier molecular flexibility index (Phi) is 5.77. The van der Waals surface area contributed by atoms with Gasteiger partial charge < -0.3 is 4.74 Å². The third-order valence-electron chi connectivity index (χ3n) is 5.03. The van der Waals surface area contributed by atoms with E-state index in [9.17, 15) is 4.79 Å². The van der Waals surface area contributed by atoms with Crippen LogP contribution in [-0.4, -0.2) is 22.5 Å². The van der Waals surface area contributed by atoms with Crippen molar-refractivity contribution in [3.8, 4) is 5.75 Å². The Morgan fingerprint density at radius 2 is 1.90 bits per heavy atom. The van der Waals surface area contributed by atoms with Crippen LogP contribution in [0.3, 0.4) is 0 Å². The third kappa shape index (κ3) is 4.04. The van der Waals surface area contributed by atoms with Crippen molar-refractivity contribution >= 4 is 32.6 Å². The van der Waals surface area contributed by atoms with E-state index < -0.39 is 0 Å². The average Bonchev–Trinajstić information content (AvgIpc) is 3.20. The maximum absolute atomic E-state index is 13.5. The molecule has 0 bridgehead atoms. The molecule has 0 saturated carbocycles. The fourth-order valence-electron chi connectivity index (χ4n) is 3.25. The van der Waals surface area contributed by atoms with E-state index in [0.29, 0.717) is 23.8 Å². The number of hydrogen-bond acceptors (Lipinski definition) is 5. The first-order valence-electron chi connectivity index (χ1n) is 9.87. The van der Waals surface area contributed by atoms with Crippen LogP contribution < -0.4 is 9.64 Å². The number of aromatic nitrogens is 2. The summed E-state index contributed by atoms with van der Waals surface area (Å²) in [6.07, 6.45) is 3.51. The summed E-state index contributed by atoms with van der Waals surface area (Å²) < 4.78 is 6.58. The number of nitrogens with zero attached hydrogens (tertiary/aromatic N) is 3. The highest BCUT2D eigenvalue weighted by molar-refractivity contribution is 7.22. The Morgan fingerprint density at radius 3 is 2.60 bits per heavy atom. The fraction of sp³-hybridized carbons (Fsp3) is 0.208. The van der Waals surface area contributed by atoms with Crippen molar-refractivity contribution in [3.63, 3.8) is 0 Å².